The van der Waals surface area contributed by atoms with Gasteiger partial charge in [0.15, 0.2) is 0 Å². The molecule has 2 aliphatic rings. The number of hydrogen-bond donors (Lipinski definition) is 1. The molecule has 2 N–H and O–H groups in total. The van der Waals surface area contributed by atoms with Gasteiger partial charge < -0.3 is 15.4 Å². The van der Waals surface area contributed by atoms with Crippen LogP contribution in [0.1, 0.15) is 19.3 Å². The van der Waals surface area contributed by atoms with Crippen LogP contribution in [0.5, 0.6) is 0 Å². The highest BCUT2D eigenvalue weighted by atomic mass is 79.9. The lowest BCUT2D eigenvalue weighted by Gasteiger charge is -2.42. The molecule has 110 valence electrons. The topological polar surface area (TPSA) is 38.5 Å². The van der Waals surface area contributed by atoms with Crippen molar-refractivity contribution in [3.8, 4) is 0 Å². The fourth-order valence-corrected chi connectivity index (χ4v) is 5.00. The van der Waals surface area contributed by atoms with Crippen LogP contribution in [0, 0.1) is 0 Å². The van der Waals surface area contributed by atoms with Crippen molar-refractivity contribution in [1.29, 1.82) is 0 Å². The fourth-order valence-electron chi connectivity index (χ4n) is 3.24. The Morgan fingerprint density at radius 2 is 2.35 bits per heavy atom. The maximum atomic E-state index is 6.17. The van der Waals surface area contributed by atoms with Gasteiger partial charge in [0.05, 0.1) is 17.0 Å². The largest absolute Gasteiger partial charge is 0.397 e. The molecule has 0 bridgehead atoms. The van der Waals surface area contributed by atoms with Gasteiger partial charge >= 0.3 is 0 Å². The average Bonchev–Trinajstić information content (AvgIpc) is 2.86. The third-order valence-electron chi connectivity index (χ3n) is 4.45. The third kappa shape index (κ3) is 2.81. The van der Waals surface area contributed by atoms with Gasteiger partial charge in [0.2, 0.25) is 0 Å². The number of hydrogen-bond acceptors (Lipinski definition) is 4. The summed E-state index contributed by atoms with van der Waals surface area (Å²) in [6.07, 6.45) is 3.39. The summed E-state index contributed by atoms with van der Waals surface area (Å²) in [6, 6.07) is 6.66. The number of rotatable bonds is 2. The number of thioether (sulfide) groups is 1. The summed E-state index contributed by atoms with van der Waals surface area (Å²) in [4.78, 5) is 2.34. The Balaban J connectivity index is 1.77. The first-order valence-electron chi connectivity index (χ1n) is 7.09. The molecule has 1 spiro atoms. The van der Waals surface area contributed by atoms with Gasteiger partial charge in [-0.15, -0.1) is 0 Å². The molecular weight excluding hydrogens is 336 g/mol. The van der Waals surface area contributed by atoms with E-state index in [9.17, 15) is 0 Å². The predicted molar refractivity (Wildman–Crippen MR) is 90.6 cm³/mol. The second-order valence-corrected chi connectivity index (χ2v) is 7.82. The smallest absolute Gasteiger partial charge is 0.0799 e. The van der Waals surface area contributed by atoms with Crippen molar-refractivity contribution in [2.75, 3.05) is 35.8 Å². The summed E-state index contributed by atoms with van der Waals surface area (Å²) >= 11 is 5.49. The van der Waals surface area contributed by atoms with Crippen molar-refractivity contribution in [1.82, 2.24) is 0 Å². The molecular formula is C15H21BrN2OS. The molecule has 2 heterocycles. The van der Waals surface area contributed by atoms with Crippen molar-refractivity contribution >= 4 is 39.1 Å². The van der Waals surface area contributed by atoms with Gasteiger partial charge in [0.1, 0.15) is 0 Å². The maximum absolute atomic E-state index is 6.17. The van der Waals surface area contributed by atoms with Crippen LogP contribution in [0.3, 0.4) is 0 Å². The first-order valence-corrected chi connectivity index (χ1v) is 9.04. The second kappa shape index (κ2) is 5.78. The van der Waals surface area contributed by atoms with Crippen molar-refractivity contribution in [3.05, 3.63) is 22.7 Å². The Bertz CT molecular complexity index is 491. The van der Waals surface area contributed by atoms with Crippen molar-refractivity contribution in [3.63, 3.8) is 0 Å². The van der Waals surface area contributed by atoms with Crippen LogP contribution < -0.4 is 10.6 Å². The van der Waals surface area contributed by atoms with Gasteiger partial charge in [-0.3, -0.25) is 0 Å². The van der Waals surface area contributed by atoms with E-state index >= 15 is 0 Å². The van der Waals surface area contributed by atoms with Crippen LogP contribution in [0.25, 0.3) is 0 Å². The number of anilines is 2. The second-order valence-electron chi connectivity index (χ2n) is 5.79. The van der Waals surface area contributed by atoms with Crippen molar-refractivity contribution in [2.24, 2.45) is 0 Å². The van der Waals surface area contributed by atoms with E-state index in [1.165, 1.54) is 12.2 Å². The van der Waals surface area contributed by atoms with E-state index in [1.54, 1.807) is 0 Å². The SMILES string of the molecule is CN(c1ccc(Br)cc1N)C1CCOC2(CCSC2)C1. The molecule has 0 amide bonds. The number of benzene rings is 1. The first-order chi connectivity index (χ1) is 9.60. The minimum atomic E-state index is 0.117. The molecule has 5 heteroatoms. The van der Waals surface area contributed by atoms with Gasteiger partial charge in [0, 0.05) is 29.9 Å². The van der Waals surface area contributed by atoms with Crippen LogP contribution in [-0.4, -0.2) is 36.8 Å². The average molecular weight is 357 g/mol. The summed E-state index contributed by atoms with van der Waals surface area (Å²) in [5.41, 5.74) is 8.25. The molecule has 1 aromatic carbocycles. The number of nitrogens with zero attached hydrogens (tertiary/aromatic N) is 1. The lowest BCUT2D eigenvalue weighted by Crippen LogP contribution is -2.48. The summed E-state index contributed by atoms with van der Waals surface area (Å²) in [6.45, 7) is 0.867. The minimum Gasteiger partial charge on any atom is -0.397 e. The summed E-state index contributed by atoms with van der Waals surface area (Å²) in [7, 11) is 2.16. The number of nitrogens with two attached hydrogens (primary N) is 1. The molecule has 2 saturated heterocycles. The van der Waals surface area contributed by atoms with Crippen LogP contribution >= 0.6 is 27.7 Å². The highest BCUT2D eigenvalue weighted by Crippen LogP contribution is 2.40. The normalized spacial score (nSPS) is 29.8. The van der Waals surface area contributed by atoms with Crippen LogP contribution in [0.15, 0.2) is 22.7 Å². The summed E-state index contributed by atoms with van der Waals surface area (Å²) < 4.78 is 7.14. The molecule has 3 nitrogen and oxygen atoms in total. The standard InChI is InChI=1S/C15H21BrN2OS/c1-18(14-3-2-11(16)8-13(14)17)12-4-6-19-15(9-12)5-7-20-10-15/h2-3,8,12H,4-7,9-10,17H2,1H3. The maximum Gasteiger partial charge on any atom is 0.0799 e. The zero-order chi connectivity index (χ0) is 14.2. The molecule has 20 heavy (non-hydrogen) atoms. The van der Waals surface area contributed by atoms with Gasteiger partial charge in [0.25, 0.3) is 0 Å². The Morgan fingerprint density at radius 1 is 1.50 bits per heavy atom. The quantitative estimate of drug-likeness (QED) is 0.822. The Hall–Kier alpha value is -0.390. The van der Waals surface area contributed by atoms with Gasteiger partial charge in [-0.25, -0.2) is 0 Å². The van der Waals surface area contributed by atoms with E-state index in [4.69, 9.17) is 10.5 Å². The predicted octanol–water partition coefficient (Wildman–Crippen LogP) is 3.52. The van der Waals surface area contributed by atoms with Crippen LogP contribution in [-0.2, 0) is 4.74 Å². The Morgan fingerprint density at radius 3 is 3.05 bits per heavy atom. The van der Waals surface area contributed by atoms with Crippen molar-refractivity contribution < 1.29 is 4.74 Å². The zero-order valence-corrected chi connectivity index (χ0v) is 14.2. The third-order valence-corrected chi connectivity index (χ3v) is 6.17. The fraction of sp³-hybridized carbons (Fsp3) is 0.600. The van der Waals surface area contributed by atoms with E-state index < -0.39 is 0 Å². The van der Waals surface area contributed by atoms with E-state index in [1.807, 2.05) is 17.8 Å². The van der Waals surface area contributed by atoms with Gasteiger partial charge in [-0.1, -0.05) is 15.9 Å². The highest BCUT2D eigenvalue weighted by molar-refractivity contribution is 9.10. The lowest BCUT2D eigenvalue weighted by molar-refractivity contribution is -0.0658. The van der Waals surface area contributed by atoms with Crippen LogP contribution in [0.4, 0.5) is 11.4 Å². The molecule has 3 rings (SSSR count). The van der Waals surface area contributed by atoms with Gasteiger partial charge in [-0.2, -0.15) is 11.8 Å². The minimum absolute atomic E-state index is 0.117. The molecule has 2 fully saturated rings. The zero-order valence-electron chi connectivity index (χ0n) is 11.8. The number of nitrogen functional groups attached to an aromatic ring is 1. The van der Waals surface area contributed by atoms with E-state index in [0.29, 0.717) is 6.04 Å². The Labute approximate surface area is 133 Å². The molecule has 2 atom stereocenters. The van der Waals surface area contributed by atoms with E-state index in [0.717, 1.165) is 41.0 Å². The molecule has 1 aromatic rings. The van der Waals surface area contributed by atoms with Crippen LogP contribution in [0.2, 0.25) is 0 Å². The summed E-state index contributed by atoms with van der Waals surface area (Å²) in [5, 5.41) is 0. The van der Waals surface area contributed by atoms with E-state index in [2.05, 4.69) is 40.0 Å². The Kier molecular flexibility index (Phi) is 4.20. The summed E-state index contributed by atoms with van der Waals surface area (Å²) in [5.74, 6) is 2.38. The monoisotopic (exact) mass is 356 g/mol. The van der Waals surface area contributed by atoms with E-state index in [-0.39, 0.29) is 5.60 Å². The molecule has 0 radical (unpaired) electrons. The lowest BCUT2D eigenvalue weighted by atomic mass is 9.89. The first kappa shape index (κ1) is 14.5. The molecule has 0 aromatic heterocycles. The molecule has 2 unspecified atom stereocenters. The molecule has 0 saturated carbocycles. The van der Waals surface area contributed by atoms with Crippen molar-refractivity contribution in [2.45, 2.75) is 30.9 Å². The number of ether oxygens (including phenoxy) is 1. The molecule has 2 aliphatic heterocycles. The highest BCUT2D eigenvalue weighted by Gasteiger charge is 2.41. The van der Waals surface area contributed by atoms with Gasteiger partial charge in [-0.05, 0) is 43.2 Å². The number of halogens is 1. The molecule has 0 aliphatic carbocycles.